The molecule has 0 aromatic rings. The van der Waals surface area contributed by atoms with Crippen LogP contribution in [0.15, 0.2) is 0 Å². The molecule has 0 aromatic heterocycles. The van der Waals surface area contributed by atoms with E-state index in [1.807, 2.05) is 0 Å². The molecule has 0 aromatic carbocycles. The van der Waals surface area contributed by atoms with E-state index < -0.39 is 0 Å². The van der Waals surface area contributed by atoms with Crippen molar-refractivity contribution in [3.05, 3.63) is 0 Å². The quantitative estimate of drug-likeness (QED) is 0.841. The SMILES string of the molecule is CCC(CC)(C(O)C1CCOC2(CCCCC2)C1)N(C)C. The van der Waals surface area contributed by atoms with Gasteiger partial charge in [0.15, 0.2) is 0 Å². The van der Waals surface area contributed by atoms with E-state index >= 15 is 0 Å². The molecule has 1 saturated carbocycles. The molecule has 0 bridgehead atoms. The van der Waals surface area contributed by atoms with E-state index in [0.29, 0.717) is 5.92 Å². The second-order valence-electron chi connectivity index (χ2n) is 7.49. The number of hydrogen-bond donors (Lipinski definition) is 1. The van der Waals surface area contributed by atoms with Crippen LogP contribution in [0.2, 0.25) is 0 Å². The largest absolute Gasteiger partial charge is 0.391 e. The molecule has 1 aliphatic carbocycles. The van der Waals surface area contributed by atoms with E-state index in [1.165, 1.54) is 32.1 Å². The Morgan fingerprint density at radius 3 is 2.33 bits per heavy atom. The molecular weight excluding hydrogens is 262 g/mol. The van der Waals surface area contributed by atoms with Crippen molar-refractivity contribution < 1.29 is 9.84 Å². The maximum atomic E-state index is 11.2. The standard InChI is InChI=1S/C18H35NO2/c1-5-18(6-2,19(3)4)16(20)15-10-13-21-17(14-15)11-8-7-9-12-17/h15-16,20H,5-14H2,1-4H3. The van der Waals surface area contributed by atoms with E-state index in [-0.39, 0.29) is 17.2 Å². The summed E-state index contributed by atoms with van der Waals surface area (Å²) >= 11 is 0. The lowest BCUT2D eigenvalue weighted by Gasteiger charge is -2.50. The van der Waals surface area contributed by atoms with Crippen molar-refractivity contribution in [1.82, 2.24) is 4.90 Å². The van der Waals surface area contributed by atoms with Crippen LogP contribution in [0.25, 0.3) is 0 Å². The maximum Gasteiger partial charge on any atom is 0.0753 e. The van der Waals surface area contributed by atoms with Crippen molar-refractivity contribution in [2.24, 2.45) is 5.92 Å². The molecule has 1 saturated heterocycles. The number of aliphatic hydroxyl groups excluding tert-OH is 1. The molecule has 2 rings (SSSR count). The van der Waals surface area contributed by atoms with Crippen molar-refractivity contribution in [2.45, 2.75) is 88.9 Å². The van der Waals surface area contributed by atoms with Gasteiger partial charge >= 0.3 is 0 Å². The first kappa shape index (κ1) is 17.2. The van der Waals surface area contributed by atoms with E-state index in [1.54, 1.807) is 0 Å². The summed E-state index contributed by atoms with van der Waals surface area (Å²) < 4.78 is 6.20. The molecule has 1 heterocycles. The predicted octanol–water partition coefficient (Wildman–Crippen LogP) is 3.60. The highest BCUT2D eigenvalue weighted by atomic mass is 16.5. The Balaban J connectivity index is 2.12. The summed E-state index contributed by atoms with van der Waals surface area (Å²) in [5.74, 6) is 0.388. The Bertz CT molecular complexity index is 314. The molecule has 1 aliphatic heterocycles. The Kier molecular flexibility index (Phi) is 5.72. The van der Waals surface area contributed by atoms with Crippen LogP contribution in [-0.2, 0) is 4.74 Å². The van der Waals surface area contributed by atoms with Gasteiger partial charge in [0, 0.05) is 12.1 Å². The van der Waals surface area contributed by atoms with Gasteiger partial charge in [0.1, 0.15) is 0 Å². The lowest BCUT2D eigenvalue weighted by Crippen LogP contribution is -2.58. The highest BCUT2D eigenvalue weighted by molar-refractivity contribution is 5.00. The monoisotopic (exact) mass is 297 g/mol. The third-order valence-electron chi connectivity index (χ3n) is 6.41. The lowest BCUT2D eigenvalue weighted by molar-refractivity contribution is -0.152. The lowest BCUT2D eigenvalue weighted by atomic mass is 9.70. The minimum absolute atomic E-state index is 0.0850. The van der Waals surface area contributed by atoms with Gasteiger partial charge in [0.05, 0.1) is 11.7 Å². The van der Waals surface area contributed by atoms with Crippen LogP contribution in [0.1, 0.15) is 71.6 Å². The van der Waals surface area contributed by atoms with Gasteiger partial charge in [-0.1, -0.05) is 33.1 Å². The fraction of sp³-hybridized carbons (Fsp3) is 1.00. The molecule has 2 aliphatic rings. The Morgan fingerprint density at radius 2 is 1.81 bits per heavy atom. The van der Waals surface area contributed by atoms with E-state index in [2.05, 4.69) is 32.8 Å². The van der Waals surface area contributed by atoms with Crippen LogP contribution in [0, 0.1) is 5.92 Å². The molecule has 2 unspecified atom stereocenters. The smallest absolute Gasteiger partial charge is 0.0753 e. The molecule has 0 amide bonds. The van der Waals surface area contributed by atoms with Crippen molar-refractivity contribution in [1.29, 1.82) is 0 Å². The highest BCUT2D eigenvalue weighted by Gasteiger charge is 2.46. The average molecular weight is 297 g/mol. The molecule has 21 heavy (non-hydrogen) atoms. The average Bonchev–Trinajstić information content (AvgIpc) is 2.49. The zero-order valence-electron chi connectivity index (χ0n) is 14.5. The minimum atomic E-state index is -0.245. The van der Waals surface area contributed by atoms with Crippen molar-refractivity contribution >= 4 is 0 Å². The second kappa shape index (κ2) is 6.97. The molecule has 0 radical (unpaired) electrons. The van der Waals surface area contributed by atoms with Crippen LogP contribution in [0.3, 0.4) is 0 Å². The molecule has 2 fully saturated rings. The van der Waals surface area contributed by atoms with Crippen LogP contribution in [0.5, 0.6) is 0 Å². The molecular formula is C18H35NO2. The van der Waals surface area contributed by atoms with Gasteiger partial charge in [-0.15, -0.1) is 0 Å². The van der Waals surface area contributed by atoms with Crippen molar-refractivity contribution in [3.8, 4) is 0 Å². The van der Waals surface area contributed by atoms with Gasteiger partial charge in [-0.25, -0.2) is 0 Å². The predicted molar refractivity (Wildman–Crippen MR) is 87.5 cm³/mol. The van der Waals surface area contributed by atoms with Crippen LogP contribution >= 0.6 is 0 Å². The molecule has 124 valence electrons. The topological polar surface area (TPSA) is 32.7 Å². The van der Waals surface area contributed by atoms with Gasteiger partial charge in [0.2, 0.25) is 0 Å². The fourth-order valence-corrected chi connectivity index (χ4v) is 4.88. The van der Waals surface area contributed by atoms with E-state index in [0.717, 1.165) is 32.3 Å². The zero-order valence-corrected chi connectivity index (χ0v) is 14.5. The van der Waals surface area contributed by atoms with Gasteiger partial charge in [-0.05, 0) is 58.5 Å². The first-order valence-corrected chi connectivity index (χ1v) is 8.99. The number of hydrogen-bond acceptors (Lipinski definition) is 3. The summed E-state index contributed by atoms with van der Waals surface area (Å²) in [6.07, 6.45) is 10.2. The van der Waals surface area contributed by atoms with E-state index in [4.69, 9.17) is 4.74 Å². The van der Waals surface area contributed by atoms with E-state index in [9.17, 15) is 5.11 Å². The van der Waals surface area contributed by atoms with Gasteiger partial charge in [-0.3, -0.25) is 0 Å². The molecule has 1 N–H and O–H groups in total. The van der Waals surface area contributed by atoms with Gasteiger partial charge in [0.25, 0.3) is 0 Å². The fourth-order valence-electron chi connectivity index (χ4n) is 4.88. The number of nitrogens with zero attached hydrogens (tertiary/aromatic N) is 1. The number of aliphatic hydroxyl groups is 1. The summed E-state index contributed by atoms with van der Waals surface area (Å²) in [5, 5.41) is 11.2. The minimum Gasteiger partial charge on any atom is -0.391 e. The molecule has 3 heteroatoms. The zero-order chi connectivity index (χ0) is 15.5. The summed E-state index contributed by atoms with van der Waals surface area (Å²) in [7, 11) is 4.23. The maximum absolute atomic E-state index is 11.2. The van der Waals surface area contributed by atoms with Crippen LogP contribution < -0.4 is 0 Å². The summed E-state index contributed by atoms with van der Waals surface area (Å²) in [6, 6.07) is 0. The Labute approximate surface area is 131 Å². The number of ether oxygens (including phenoxy) is 1. The summed E-state index contributed by atoms with van der Waals surface area (Å²) in [6.45, 7) is 5.25. The normalized spacial score (nSPS) is 28.0. The molecule has 1 spiro atoms. The number of rotatable bonds is 5. The summed E-state index contributed by atoms with van der Waals surface area (Å²) in [4.78, 5) is 2.25. The molecule has 2 atom stereocenters. The van der Waals surface area contributed by atoms with Crippen LogP contribution in [-0.4, -0.2) is 48.0 Å². The highest BCUT2D eigenvalue weighted by Crippen LogP contribution is 2.44. The van der Waals surface area contributed by atoms with Crippen molar-refractivity contribution in [2.75, 3.05) is 20.7 Å². The third kappa shape index (κ3) is 3.30. The van der Waals surface area contributed by atoms with Crippen molar-refractivity contribution in [3.63, 3.8) is 0 Å². The summed E-state index contributed by atoms with van der Waals surface area (Å²) in [5.41, 5.74) is -0.000451. The first-order valence-electron chi connectivity index (χ1n) is 8.99. The first-order chi connectivity index (χ1) is 9.99. The van der Waals surface area contributed by atoms with Crippen LogP contribution in [0.4, 0.5) is 0 Å². The third-order valence-corrected chi connectivity index (χ3v) is 6.41. The van der Waals surface area contributed by atoms with Gasteiger partial charge in [-0.2, -0.15) is 0 Å². The Morgan fingerprint density at radius 1 is 1.19 bits per heavy atom. The Hall–Kier alpha value is -0.120. The second-order valence-corrected chi connectivity index (χ2v) is 7.49. The van der Waals surface area contributed by atoms with Gasteiger partial charge < -0.3 is 14.7 Å². The number of likely N-dealkylation sites (N-methyl/N-ethyl adjacent to an activating group) is 1. The molecule has 3 nitrogen and oxygen atoms in total.